The van der Waals surface area contributed by atoms with Crippen LogP contribution in [0.5, 0.6) is 0 Å². The first-order chi connectivity index (χ1) is 14.8. The van der Waals surface area contributed by atoms with Gasteiger partial charge in [0.05, 0.1) is 6.61 Å². The van der Waals surface area contributed by atoms with E-state index in [1.165, 1.54) is 0 Å². The number of carbonyl (C=O) groups is 2. The van der Waals surface area contributed by atoms with Crippen LogP contribution in [0.25, 0.3) is 0 Å². The molecule has 1 N–H and O–H groups in total. The number of amides is 1. The molecule has 0 atom stereocenters. The highest BCUT2D eigenvalue weighted by atomic mass is 35.5. The van der Waals surface area contributed by atoms with Crippen molar-refractivity contribution in [1.82, 2.24) is 0 Å². The van der Waals surface area contributed by atoms with Crippen LogP contribution in [-0.2, 0) is 14.3 Å². The normalized spacial score (nSPS) is 9.72. The molecule has 0 aromatic heterocycles. The van der Waals surface area contributed by atoms with E-state index < -0.39 is 0 Å². The van der Waals surface area contributed by atoms with Gasteiger partial charge in [-0.15, -0.1) is 12.4 Å². The number of benzene rings is 2. The maximum Gasteiger partial charge on any atom is 0.245 e. The average Bonchev–Trinajstić information content (AvgIpc) is 2.76. The van der Waals surface area contributed by atoms with Gasteiger partial charge in [0.1, 0.15) is 0 Å². The lowest BCUT2D eigenvalue weighted by Gasteiger charge is -2.02. The van der Waals surface area contributed by atoms with Crippen LogP contribution in [0.2, 0.25) is 0 Å². The van der Waals surface area contributed by atoms with E-state index in [0.29, 0.717) is 19.4 Å². The molecule has 0 fully saturated rings. The summed E-state index contributed by atoms with van der Waals surface area (Å²) in [4.78, 5) is 25.1. The molecule has 0 saturated heterocycles. The fourth-order valence-corrected chi connectivity index (χ4v) is 2.40. The smallest absolute Gasteiger partial charge is 0.245 e. The summed E-state index contributed by atoms with van der Waals surface area (Å²) in [6.45, 7) is 8.18. The second-order valence-corrected chi connectivity index (χ2v) is 6.86. The summed E-state index contributed by atoms with van der Waals surface area (Å²) in [5.41, 5.74) is 2.63. The zero-order valence-electron chi connectivity index (χ0n) is 19.3. The summed E-state index contributed by atoms with van der Waals surface area (Å²) in [7, 11) is 0. The first-order valence-electron chi connectivity index (χ1n) is 10.4. The van der Waals surface area contributed by atoms with Gasteiger partial charge in [0, 0.05) is 24.1 Å². The number of aliphatic imine (C=N–C) groups is 1. The largest absolute Gasteiger partial charge is 0.478 e. The maximum atomic E-state index is 11.2. The van der Waals surface area contributed by atoms with Crippen molar-refractivity contribution in [2.24, 2.45) is 4.99 Å². The number of nitrogens with zero attached hydrogens (tertiary/aromatic N) is 1. The molecule has 0 aliphatic carbocycles. The van der Waals surface area contributed by atoms with Crippen LogP contribution in [-0.4, -0.2) is 29.4 Å². The molecule has 0 bridgehead atoms. The second kappa shape index (κ2) is 20.4. The highest BCUT2D eigenvalue weighted by molar-refractivity contribution is 6.63. The van der Waals surface area contributed by atoms with Crippen LogP contribution < -0.4 is 0 Å². The molecule has 5 nitrogen and oxygen atoms in total. The Morgan fingerprint density at radius 1 is 0.875 bits per heavy atom. The summed E-state index contributed by atoms with van der Waals surface area (Å²) in [6, 6.07) is 19.2. The van der Waals surface area contributed by atoms with Crippen molar-refractivity contribution in [3.8, 4) is 0 Å². The lowest BCUT2D eigenvalue weighted by Crippen LogP contribution is -2.03. The molecule has 0 heterocycles. The van der Waals surface area contributed by atoms with Crippen molar-refractivity contribution < 1.29 is 14.3 Å². The van der Waals surface area contributed by atoms with Crippen molar-refractivity contribution in [3.63, 3.8) is 0 Å². The lowest BCUT2D eigenvalue weighted by atomic mass is 10.1. The Balaban J connectivity index is 0. The fraction of sp³-hybridized carbons (Fsp3) is 0.360. The van der Waals surface area contributed by atoms with E-state index >= 15 is 0 Å². The van der Waals surface area contributed by atoms with Gasteiger partial charge in [0.15, 0.2) is 0 Å². The zero-order valence-corrected chi connectivity index (χ0v) is 20.8. The Bertz CT molecular complexity index is 810. The molecule has 7 heteroatoms. The topological polar surface area (TPSA) is 79.6 Å². The minimum Gasteiger partial charge on any atom is -0.478 e. The molecule has 176 valence electrons. The summed E-state index contributed by atoms with van der Waals surface area (Å²) in [5.74, 6) is 0.210. The van der Waals surface area contributed by atoms with Crippen molar-refractivity contribution in [1.29, 1.82) is 5.41 Å². The summed E-state index contributed by atoms with van der Waals surface area (Å²) in [5, 5.41) is 7.17. The van der Waals surface area contributed by atoms with Crippen molar-refractivity contribution in [2.45, 2.75) is 53.4 Å². The number of hydrogen-bond acceptors (Lipinski definition) is 4. The molecule has 0 unspecified atom stereocenters. The molecule has 1 amide bonds. The van der Waals surface area contributed by atoms with Crippen LogP contribution in [0, 0.1) is 5.41 Å². The van der Waals surface area contributed by atoms with E-state index in [1.54, 1.807) is 0 Å². The molecule has 2 aromatic rings. The molecule has 2 rings (SSSR count). The van der Waals surface area contributed by atoms with Gasteiger partial charge in [-0.2, -0.15) is 0 Å². The van der Waals surface area contributed by atoms with Gasteiger partial charge >= 0.3 is 0 Å². The molecular weight excluding hydrogens is 447 g/mol. The first kappa shape index (κ1) is 31.7. The second-order valence-electron chi connectivity index (χ2n) is 6.44. The number of halogens is 2. The molecule has 0 saturated carbocycles. The monoisotopic (exact) mass is 480 g/mol. The van der Waals surface area contributed by atoms with Crippen molar-refractivity contribution in [2.75, 3.05) is 6.61 Å². The van der Waals surface area contributed by atoms with Gasteiger partial charge < -0.3 is 4.74 Å². The van der Waals surface area contributed by atoms with E-state index in [4.69, 9.17) is 21.7 Å². The predicted molar refractivity (Wildman–Crippen MR) is 136 cm³/mol. The van der Waals surface area contributed by atoms with Crippen LogP contribution in [0.15, 0.2) is 65.7 Å². The fourth-order valence-electron chi connectivity index (χ4n) is 2.21. The highest BCUT2D eigenvalue weighted by Crippen LogP contribution is 2.02. The quantitative estimate of drug-likeness (QED) is 0.267. The lowest BCUT2D eigenvalue weighted by molar-refractivity contribution is -0.117. The van der Waals surface area contributed by atoms with Gasteiger partial charge in [0.2, 0.25) is 17.0 Å². The van der Waals surface area contributed by atoms with Gasteiger partial charge in [-0.3, -0.25) is 15.0 Å². The number of nitrogens with one attached hydrogen (secondary N) is 1. The Morgan fingerprint density at radius 2 is 1.34 bits per heavy atom. The van der Waals surface area contributed by atoms with Crippen LogP contribution in [0.4, 0.5) is 0 Å². The summed E-state index contributed by atoms with van der Waals surface area (Å²) < 4.78 is 5.01. The van der Waals surface area contributed by atoms with Crippen LogP contribution in [0.3, 0.4) is 0 Å². The number of hydrogen-bond donors (Lipinski definition) is 1. The van der Waals surface area contributed by atoms with Crippen LogP contribution in [0.1, 0.15) is 64.5 Å². The number of carbonyl (C=O) groups excluding carboxylic acids is 2. The molecule has 2 aromatic carbocycles. The van der Waals surface area contributed by atoms with Gasteiger partial charge in [-0.05, 0) is 56.0 Å². The first-order valence-corrected chi connectivity index (χ1v) is 10.8. The van der Waals surface area contributed by atoms with Gasteiger partial charge in [-0.25, -0.2) is 4.99 Å². The van der Waals surface area contributed by atoms with E-state index in [2.05, 4.69) is 4.99 Å². The summed E-state index contributed by atoms with van der Waals surface area (Å²) in [6.07, 6.45) is 2.73. The third-order valence-corrected chi connectivity index (χ3v) is 3.91. The summed E-state index contributed by atoms with van der Waals surface area (Å²) >= 11 is 4.94. The van der Waals surface area contributed by atoms with Crippen molar-refractivity contribution in [3.05, 3.63) is 71.8 Å². The molecule has 0 aliphatic heterocycles. The molecule has 32 heavy (non-hydrogen) atoms. The van der Waals surface area contributed by atoms with E-state index in [-0.39, 0.29) is 29.5 Å². The third kappa shape index (κ3) is 16.2. The minimum absolute atomic E-state index is 0. The zero-order chi connectivity index (χ0) is 23.5. The maximum absolute atomic E-state index is 11.2. The van der Waals surface area contributed by atoms with E-state index in [9.17, 15) is 9.59 Å². The molecule has 0 aliphatic rings. The van der Waals surface area contributed by atoms with Crippen LogP contribution >= 0.6 is 24.0 Å². The Hall–Kier alpha value is -2.50. The highest BCUT2D eigenvalue weighted by Gasteiger charge is 2.00. The number of rotatable bonds is 7. The number of ether oxygens (including phenoxy) is 1. The molecule has 0 radical (unpaired) electrons. The van der Waals surface area contributed by atoms with Gasteiger partial charge in [0.25, 0.3) is 0 Å². The van der Waals surface area contributed by atoms with Gasteiger partial charge in [-0.1, -0.05) is 62.4 Å². The van der Waals surface area contributed by atoms with E-state index in [0.717, 1.165) is 29.7 Å². The average molecular weight is 481 g/mol. The SMILES string of the molecule is CCCC(=O)Cl.CCCC(=O)N=C(C)c1ccccc1.CCOC(=N)c1ccccc1.Cl. The minimum atomic E-state index is -0.238. The Kier molecular flexibility index (Phi) is 20.2. The Morgan fingerprint density at radius 3 is 1.72 bits per heavy atom. The third-order valence-electron chi connectivity index (χ3n) is 3.72. The molecular formula is C25H34Cl2N2O3. The Labute approximate surface area is 203 Å². The van der Waals surface area contributed by atoms with Crippen molar-refractivity contribution >= 4 is 46.8 Å². The standard InChI is InChI=1S/C12H15NO.C9H11NO.C4H7ClO.ClH/c1-3-7-12(14)13-10(2)11-8-5-4-6-9-11;1-2-11-9(10)8-6-4-3-5-7-8;1-2-3-4(5)6;/h4-6,8-9H,3,7H2,1-2H3;3-7,10H,2H2,1H3;2-3H2,1H3;1H. The van der Waals surface area contributed by atoms with E-state index in [1.807, 2.05) is 88.4 Å². The predicted octanol–water partition coefficient (Wildman–Crippen LogP) is 6.84. The molecule has 0 spiro atoms.